The van der Waals surface area contributed by atoms with Crippen molar-refractivity contribution in [2.75, 3.05) is 6.61 Å². The van der Waals surface area contributed by atoms with Crippen LogP contribution in [0.5, 0.6) is 5.75 Å². The van der Waals surface area contributed by atoms with Crippen molar-refractivity contribution in [3.8, 4) is 16.9 Å². The van der Waals surface area contributed by atoms with Gasteiger partial charge in [0.1, 0.15) is 11.9 Å². The summed E-state index contributed by atoms with van der Waals surface area (Å²) in [7, 11) is 0. The highest BCUT2D eigenvalue weighted by molar-refractivity contribution is 5.69. The van der Waals surface area contributed by atoms with Crippen LogP contribution in [0.4, 0.5) is 0 Å². The van der Waals surface area contributed by atoms with E-state index in [0.717, 1.165) is 54.7 Å². The number of hydrogen-bond acceptors (Lipinski definition) is 3. The molecule has 1 atom stereocenters. The van der Waals surface area contributed by atoms with Crippen molar-refractivity contribution in [3.05, 3.63) is 54.1 Å². The minimum atomic E-state index is -0.222. The summed E-state index contributed by atoms with van der Waals surface area (Å²) in [6.45, 7) is 7.14. The maximum atomic E-state index is 12.0. The first-order valence-electron chi connectivity index (χ1n) is 14.2. The maximum absolute atomic E-state index is 12.0. The summed E-state index contributed by atoms with van der Waals surface area (Å²) < 4.78 is 11.5. The molecule has 0 aromatic heterocycles. The summed E-state index contributed by atoms with van der Waals surface area (Å²) in [5.74, 6) is 0.827. The van der Waals surface area contributed by atoms with Crippen molar-refractivity contribution in [2.45, 2.75) is 117 Å². The van der Waals surface area contributed by atoms with Crippen LogP contribution in [0.1, 0.15) is 122 Å². The Kier molecular flexibility index (Phi) is 14.9. The van der Waals surface area contributed by atoms with Crippen LogP contribution in [0.15, 0.2) is 48.5 Å². The SMILES string of the molecule is CCCCCCCCCCCCOc1ccc(-c2ccc(C(C)OC(=O)CCCCC)cc2)cc1. The third-order valence-corrected chi connectivity index (χ3v) is 6.63. The van der Waals surface area contributed by atoms with Gasteiger partial charge in [0.25, 0.3) is 0 Å². The molecule has 0 saturated carbocycles. The van der Waals surface area contributed by atoms with Crippen LogP contribution in [0.25, 0.3) is 11.1 Å². The van der Waals surface area contributed by atoms with E-state index >= 15 is 0 Å². The molecule has 0 aliphatic heterocycles. The molecule has 3 nitrogen and oxygen atoms in total. The highest BCUT2D eigenvalue weighted by Gasteiger charge is 2.11. The Morgan fingerprint density at radius 3 is 1.71 bits per heavy atom. The zero-order chi connectivity index (χ0) is 25.1. The predicted octanol–water partition coefficient (Wildman–Crippen LogP) is 9.84. The van der Waals surface area contributed by atoms with E-state index in [2.05, 4.69) is 62.4 Å². The summed E-state index contributed by atoms with van der Waals surface area (Å²) in [6, 6.07) is 16.6. The lowest BCUT2D eigenvalue weighted by Gasteiger charge is -2.14. The molecule has 2 aromatic carbocycles. The Balaban J connectivity index is 1.65. The Hall–Kier alpha value is -2.29. The monoisotopic (exact) mass is 480 g/mol. The van der Waals surface area contributed by atoms with Gasteiger partial charge in [-0.3, -0.25) is 4.79 Å². The second kappa shape index (κ2) is 18.0. The lowest BCUT2D eigenvalue weighted by Crippen LogP contribution is -2.08. The van der Waals surface area contributed by atoms with Crippen LogP contribution in [0.2, 0.25) is 0 Å². The highest BCUT2D eigenvalue weighted by atomic mass is 16.5. The van der Waals surface area contributed by atoms with Gasteiger partial charge in [0.2, 0.25) is 0 Å². The van der Waals surface area contributed by atoms with Crippen LogP contribution in [0.3, 0.4) is 0 Å². The standard InChI is InChI=1S/C32H48O3/c1-4-6-8-9-10-11-12-13-14-16-26-34-31-24-22-30(23-25-31)29-20-18-28(19-21-29)27(3)35-32(33)17-15-7-5-2/h18-25,27H,4-17,26H2,1-3H3. The molecule has 0 amide bonds. The van der Waals surface area contributed by atoms with Gasteiger partial charge in [0.15, 0.2) is 0 Å². The van der Waals surface area contributed by atoms with Crippen LogP contribution in [0, 0.1) is 0 Å². The molecule has 2 aromatic rings. The van der Waals surface area contributed by atoms with E-state index in [1.807, 2.05) is 6.92 Å². The first kappa shape index (κ1) is 28.9. The average molecular weight is 481 g/mol. The number of unbranched alkanes of at least 4 members (excludes halogenated alkanes) is 11. The summed E-state index contributed by atoms with van der Waals surface area (Å²) in [5, 5.41) is 0. The summed E-state index contributed by atoms with van der Waals surface area (Å²) in [5.41, 5.74) is 3.33. The smallest absolute Gasteiger partial charge is 0.306 e. The topological polar surface area (TPSA) is 35.5 Å². The molecule has 0 bridgehead atoms. The lowest BCUT2D eigenvalue weighted by molar-refractivity contribution is -0.148. The quantitative estimate of drug-likeness (QED) is 0.148. The predicted molar refractivity (Wildman–Crippen MR) is 148 cm³/mol. The third-order valence-electron chi connectivity index (χ3n) is 6.63. The van der Waals surface area contributed by atoms with E-state index in [1.165, 1.54) is 57.8 Å². The summed E-state index contributed by atoms with van der Waals surface area (Å²) in [6.07, 6.45) is 16.7. The van der Waals surface area contributed by atoms with Gasteiger partial charge in [-0.25, -0.2) is 0 Å². The van der Waals surface area contributed by atoms with Gasteiger partial charge in [-0.05, 0) is 48.6 Å². The van der Waals surface area contributed by atoms with Crippen molar-refractivity contribution in [1.29, 1.82) is 0 Å². The molecule has 0 heterocycles. The minimum absolute atomic E-state index is 0.108. The molecule has 2 rings (SSSR count). The van der Waals surface area contributed by atoms with Gasteiger partial charge in [-0.2, -0.15) is 0 Å². The third kappa shape index (κ3) is 12.3. The Morgan fingerprint density at radius 1 is 0.657 bits per heavy atom. The Bertz CT molecular complexity index is 795. The molecular weight excluding hydrogens is 432 g/mol. The fourth-order valence-corrected chi connectivity index (χ4v) is 4.31. The second-order valence-electron chi connectivity index (χ2n) is 9.77. The number of esters is 1. The first-order chi connectivity index (χ1) is 17.1. The fraction of sp³-hybridized carbons (Fsp3) is 0.594. The van der Waals surface area contributed by atoms with Crippen LogP contribution in [-0.4, -0.2) is 12.6 Å². The van der Waals surface area contributed by atoms with E-state index in [0.29, 0.717) is 6.42 Å². The van der Waals surface area contributed by atoms with Gasteiger partial charge < -0.3 is 9.47 Å². The zero-order valence-electron chi connectivity index (χ0n) is 22.5. The van der Waals surface area contributed by atoms with Crippen molar-refractivity contribution < 1.29 is 14.3 Å². The molecular formula is C32H48O3. The molecule has 0 aliphatic rings. The van der Waals surface area contributed by atoms with Gasteiger partial charge in [0, 0.05) is 6.42 Å². The van der Waals surface area contributed by atoms with E-state index in [4.69, 9.17) is 9.47 Å². The number of carbonyl (C=O) groups is 1. The molecule has 0 spiro atoms. The number of ether oxygens (including phenoxy) is 2. The molecule has 35 heavy (non-hydrogen) atoms. The van der Waals surface area contributed by atoms with Crippen LogP contribution >= 0.6 is 0 Å². The molecule has 1 unspecified atom stereocenters. The maximum Gasteiger partial charge on any atom is 0.306 e. The first-order valence-corrected chi connectivity index (χ1v) is 14.2. The zero-order valence-corrected chi connectivity index (χ0v) is 22.5. The largest absolute Gasteiger partial charge is 0.494 e. The van der Waals surface area contributed by atoms with Gasteiger partial charge >= 0.3 is 5.97 Å². The number of carbonyl (C=O) groups excluding carboxylic acids is 1. The highest BCUT2D eigenvalue weighted by Crippen LogP contribution is 2.26. The fourth-order valence-electron chi connectivity index (χ4n) is 4.31. The van der Waals surface area contributed by atoms with Crippen molar-refractivity contribution >= 4 is 5.97 Å². The van der Waals surface area contributed by atoms with Crippen LogP contribution < -0.4 is 4.74 Å². The Morgan fingerprint density at radius 2 is 1.14 bits per heavy atom. The molecule has 0 saturated heterocycles. The van der Waals surface area contributed by atoms with E-state index in [-0.39, 0.29) is 12.1 Å². The summed E-state index contributed by atoms with van der Waals surface area (Å²) in [4.78, 5) is 12.0. The van der Waals surface area contributed by atoms with Crippen molar-refractivity contribution in [1.82, 2.24) is 0 Å². The van der Waals surface area contributed by atoms with Gasteiger partial charge in [-0.15, -0.1) is 0 Å². The number of hydrogen-bond donors (Lipinski definition) is 0. The Labute approximate surface area is 214 Å². The van der Waals surface area contributed by atoms with Crippen molar-refractivity contribution in [3.63, 3.8) is 0 Å². The molecule has 3 heteroatoms. The van der Waals surface area contributed by atoms with Crippen molar-refractivity contribution in [2.24, 2.45) is 0 Å². The molecule has 194 valence electrons. The van der Waals surface area contributed by atoms with Gasteiger partial charge in [0.05, 0.1) is 6.61 Å². The number of benzene rings is 2. The lowest BCUT2D eigenvalue weighted by atomic mass is 10.0. The molecule has 0 radical (unpaired) electrons. The van der Waals surface area contributed by atoms with Crippen LogP contribution in [-0.2, 0) is 9.53 Å². The van der Waals surface area contributed by atoms with Gasteiger partial charge in [-0.1, -0.05) is 121 Å². The number of rotatable bonds is 19. The van der Waals surface area contributed by atoms with E-state index in [9.17, 15) is 4.79 Å². The normalized spacial score (nSPS) is 11.9. The molecule has 0 aliphatic carbocycles. The molecule has 0 N–H and O–H groups in total. The van der Waals surface area contributed by atoms with E-state index in [1.54, 1.807) is 0 Å². The second-order valence-corrected chi connectivity index (χ2v) is 9.77. The van der Waals surface area contributed by atoms with E-state index < -0.39 is 0 Å². The molecule has 0 fully saturated rings. The average Bonchev–Trinajstić information content (AvgIpc) is 2.88. The minimum Gasteiger partial charge on any atom is -0.494 e. The summed E-state index contributed by atoms with van der Waals surface area (Å²) >= 11 is 0.